The Bertz CT molecular complexity index is 852. The van der Waals surface area contributed by atoms with E-state index in [0.717, 1.165) is 56.9 Å². The number of carbonyl (C=O) groups excluding carboxylic acids is 1. The highest BCUT2D eigenvalue weighted by Gasteiger charge is 2.44. The fourth-order valence-electron chi connectivity index (χ4n) is 6.22. The highest BCUT2D eigenvalue weighted by Crippen LogP contribution is 2.45. The summed E-state index contributed by atoms with van der Waals surface area (Å²) in [6.45, 7) is 8.68. The summed E-state index contributed by atoms with van der Waals surface area (Å²) in [7, 11) is 5.02. The Hall–Kier alpha value is -1.83. The number of hydrogen-bond donors (Lipinski definition) is 1. The van der Waals surface area contributed by atoms with Crippen molar-refractivity contribution in [2.45, 2.75) is 57.6 Å². The lowest BCUT2D eigenvalue weighted by atomic mass is 9.74. The van der Waals surface area contributed by atoms with Gasteiger partial charge in [0, 0.05) is 26.2 Å². The second-order valence-electron chi connectivity index (χ2n) is 10.6. The Morgan fingerprint density at radius 1 is 1.12 bits per heavy atom. The van der Waals surface area contributed by atoms with Crippen molar-refractivity contribution in [3.05, 3.63) is 23.3 Å². The Kier molecular flexibility index (Phi) is 8.05. The Morgan fingerprint density at radius 3 is 2.47 bits per heavy atom. The van der Waals surface area contributed by atoms with Crippen LogP contribution in [0.15, 0.2) is 12.1 Å². The van der Waals surface area contributed by atoms with Gasteiger partial charge in [0.2, 0.25) is 0 Å². The molecule has 0 aliphatic carbocycles. The highest BCUT2D eigenvalue weighted by atomic mass is 16.6. The molecule has 3 aliphatic rings. The first-order valence-electron chi connectivity index (χ1n) is 12.8. The third-order valence-electron chi connectivity index (χ3n) is 8.15. The molecule has 0 amide bonds. The maximum absolute atomic E-state index is 13.1. The van der Waals surface area contributed by atoms with Crippen LogP contribution >= 0.6 is 0 Å². The monoisotopic (exact) mass is 474 g/mol. The van der Waals surface area contributed by atoms with E-state index >= 15 is 0 Å². The lowest BCUT2D eigenvalue weighted by molar-refractivity contribution is -0.175. The smallest absolute Gasteiger partial charge is 0.338 e. The summed E-state index contributed by atoms with van der Waals surface area (Å²) in [6, 6.07) is 4.61. The zero-order valence-electron chi connectivity index (χ0n) is 21.5. The summed E-state index contributed by atoms with van der Waals surface area (Å²) < 4.78 is 22.9. The summed E-state index contributed by atoms with van der Waals surface area (Å²) in [6.07, 6.45) is 4.46. The number of benzene rings is 1. The van der Waals surface area contributed by atoms with Gasteiger partial charge in [-0.3, -0.25) is 4.90 Å². The SMILES string of the molecule is COc1cc2c(cc1OC)[C@H]1C[C@@H](COC(=O)C3(OC)CCNCC3)[C@H](CC(C)C)CN1CC2. The van der Waals surface area contributed by atoms with Crippen molar-refractivity contribution in [2.24, 2.45) is 17.8 Å². The molecule has 3 atom stereocenters. The lowest BCUT2D eigenvalue weighted by Crippen LogP contribution is -2.51. The molecule has 3 heterocycles. The van der Waals surface area contributed by atoms with E-state index in [-0.39, 0.29) is 5.97 Å². The molecule has 2 saturated heterocycles. The maximum atomic E-state index is 13.1. The molecule has 34 heavy (non-hydrogen) atoms. The molecular weight excluding hydrogens is 432 g/mol. The highest BCUT2D eigenvalue weighted by molar-refractivity contribution is 5.79. The van der Waals surface area contributed by atoms with Crippen LogP contribution in [0.1, 0.15) is 56.7 Å². The molecule has 1 aromatic carbocycles. The molecule has 0 radical (unpaired) electrons. The number of carbonyl (C=O) groups is 1. The minimum Gasteiger partial charge on any atom is -0.493 e. The van der Waals surface area contributed by atoms with Crippen LogP contribution in [0.3, 0.4) is 0 Å². The van der Waals surface area contributed by atoms with Crippen LogP contribution in [0.5, 0.6) is 11.5 Å². The van der Waals surface area contributed by atoms with Crippen LogP contribution in [0.2, 0.25) is 0 Å². The van der Waals surface area contributed by atoms with E-state index in [0.29, 0.717) is 43.2 Å². The van der Waals surface area contributed by atoms with E-state index in [1.807, 2.05) is 0 Å². The third-order valence-corrected chi connectivity index (χ3v) is 8.15. The maximum Gasteiger partial charge on any atom is 0.338 e. The number of esters is 1. The van der Waals surface area contributed by atoms with Gasteiger partial charge in [-0.05, 0) is 86.2 Å². The number of rotatable bonds is 8. The van der Waals surface area contributed by atoms with Gasteiger partial charge in [0.1, 0.15) is 0 Å². The number of fused-ring (bicyclic) bond motifs is 3. The van der Waals surface area contributed by atoms with Crippen LogP contribution in [0.4, 0.5) is 0 Å². The minimum atomic E-state index is -0.805. The molecule has 2 fully saturated rings. The number of hydrogen-bond acceptors (Lipinski definition) is 7. The summed E-state index contributed by atoms with van der Waals surface area (Å²) in [4.78, 5) is 15.8. The molecule has 190 valence electrons. The molecule has 4 rings (SSSR count). The largest absolute Gasteiger partial charge is 0.493 e. The molecule has 1 aromatic rings. The van der Waals surface area contributed by atoms with Crippen LogP contribution in [-0.4, -0.2) is 70.6 Å². The Balaban J connectivity index is 1.53. The second-order valence-corrected chi connectivity index (χ2v) is 10.6. The first-order valence-corrected chi connectivity index (χ1v) is 12.8. The summed E-state index contributed by atoms with van der Waals surface area (Å²) >= 11 is 0. The van der Waals surface area contributed by atoms with Crippen molar-refractivity contribution in [2.75, 3.05) is 54.1 Å². The van der Waals surface area contributed by atoms with Gasteiger partial charge in [0.05, 0.1) is 20.8 Å². The van der Waals surface area contributed by atoms with E-state index in [1.54, 1.807) is 21.3 Å². The molecule has 0 aromatic heterocycles. The molecule has 0 unspecified atom stereocenters. The molecule has 7 nitrogen and oxygen atoms in total. The van der Waals surface area contributed by atoms with Gasteiger partial charge in [-0.15, -0.1) is 0 Å². The topological polar surface area (TPSA) is 69.3 Å². The Morgan fingerprint density at radius 2 is 1.82 bits per heavy atom. The van der Waals surface area contributed by atoms with Crippen LogP contribution in [0.25, 0.3) is 0 Å². The average Bonchev–Trinajstić information content (AvgIpc) is 2.86. The quantitative estimate of drug-likeness (QED) is 0.578. The molecule has 3 aliphatic heterocycles. The van der Waals surface area contributed by atoms with E-state index in [2.05, 4.69) is 36.2 Å². The summed E-state index contributed by atoms with van der Waals surface area (Å²) in [5.41, 5.74) is 1.86. The van der Waals surface area contributed by atoms with Crippen molar-refractivity contribution < 1.29 is 23.7 Å². The van der Waals surface area contributed by atoms with Crippen molar-refractivity contribution in [1.29, 1.82) is 0 Å². The van der Waals surface area contributed by atoms with Crippen molar-refractivity contribution in [1.82, 2.24) is 10.2 Å². The average molecular weight is 475 g/mol. The van der Waals surface area contributed by atoms with Crippen LogP contribution < -0.4 is 14.8 Å². The second kappa shape index (κ2) is 10.8. The predicted molar refractivity (Wildman–Crippen MR) is 131 cm³/mol. The van der Waals surface area contributed by atoms with Gasteiger partial charge < -0.3 is 24.3 Å². The van der Waals surface area contributed by atoms with Gasteiger partial charge in [-0.25, -0.2) is 4.79 Å². The standard InChI is InChI=1S/C27H42N2O5/c1-18(2)12-20-16-29-11-6-19-14-24(31-3)25(32-4)15-22(19)23(29)13-21(20)17-34-26(30)27(33-5)7-9-28-10-8-27/h14-15,18,20-21,23,28H,6-13,16-17H2,1-5H3/t20-,21+,23-/m1/s1. The molecule has 0 saturated carbocycles. The zero-order valence-corrected chi connectivity index (χ0v) is 21.5. The molecular formula is C27H42N2O5. The molecule has 7 heteroatoms. The van der Waals surface area contributed by atoms with E-state index < -0.39 is 5.60 Å². The van der Waals surface area contributed by atoms with Gasteiger partial charge >= 0.3 is 5.97 Å². The normalized spacial score (nSPS) is 26.5. The first kappa shape index (κ1) is 25.3. The summed E-state index contributed by atoms with van der Waals surface area (Å²) in [5, 5.41) is 3.31. The number of methoxy groups -OCH3 is 3. The van der Waals surface area contributed by atoms with Gasteiger partial charge in [0.15, 0.2) is 17.1 Å². The minimum absolute atomic E-state index is 0.197. The van der Waals surface area contributed by atoms with Crippen molar-refractivity contribution in [3.8, 4) is 11.5 Å². The first-order chi connectivity index (χ1) is 16.4. The van der Waals surface area contributed by atoms with Crippen LogP contribution in [-0.2, 0) is 20.7 Å². The molecule has 0 bridgehead atoms. The fourth-order valence-corrected chi connectivity index (χ4v) is 6.22. The predicted octanol–water partition coefficient (Wildman–Crippen LogP) is 3.60. The van der Waals surface area contributed by atoms with E-state index in [4.69, 9.17) is 18.9 Å². The molecule has 1 N–H and O–H groups in total. The number of nitrogens with zero attached hydrogens (tertiary/aromatic N) is 1. The van der Waals surface area contributed by atoms with E-state index in [9.17, 15) is 4.79 Å². The van der Waals surface area contributed by atoms with E-state index in [1.165, 1.54) is 11.1 Å². The number of ether oxygens (including phenoxy) is 4. The summed E-state index contributed by atoms with van der Waals surface area (Å²) in [5.74, 6) is 2.82. The molecule has 0 spiro atoms. The van der Waals surface area contributed by atoms with Crippen LogP contribution in [0, 0.1) is 17.8 Å². The third kappa shape index (κ3) is 5.07. The van der Waals surface area contributed by atoms with Crippen molar-refractivity contribution in [3.63, 3.8) is 0 Å². The van der Waals surface area contributed by atoms with Gasteiger partial charge in [-0.2, -0.15) is 0 Å². The van der Waals surface area contributed by atoms with Gasteiger partial charge in [-0.1, -0.05) is 13.8 Å². The fraction of sp³-hybridized carbons (Fsp3) is 0.741. The lowest BCUT2D eigenvalue weighted by Gasteiger charge is -2.47. The zero-order chi connectivity index (χ0) is 24.3. The Labute approximate surface area is 204 Å². The number of nitrogens with one attached hydrogen (secondary N) is 1. The van der Waals surface area contributed by atoms with Gasteiger partial charge in [0.25, 0.3) is 0 Å². The number of piperidine rings is 2. The van der Waals surface area contributed by atoms with Crippen molar-refractivity contribution >= 4 is 5.97 Å².